The predicted octanol–water partition coefficient (Wildman–Crippen LogP) is 3.07. The van der Waals surface area contributed by atoms with Crippen LogP contribution in [0.1, 0.15) is 18.9 Å². The summed E-state index contributed by atoms with van der Waals surface area (Å²) in [5, 5.41) is 0.876. The fourth-order valence-corrected chi connectivity index (χ4v) is 2.41. The van der Waals surface area contributed by atoms with E-state index in [0.717, 1.165) is 29.5 Å². The average molecular weight is 269 g/mol. The van der Waals surface area contributed by atoms with Gasteiger partial charge in [-0.2, -0.15) is 0 Å². The first-order chi connectivity index (χ1) is 7.22. The molecule has 2 rings (SSSR count). The molecule has 1 aliphatic rings. The number of pyridine rings is 1. The summed E-state index contributed by atoms with van der Waals surface area (Å²) in [6, 6.07) is 4.12. The van der Waals surface area contributed by atoms with Gasteiger partial charge in [-0.15, -0.1) is 0 Å². The van der Waals surface area contributed by atoms with E-state index in [1.54, 1.807) is 0 Å². The Morgan fingerprint density at radius 2 is 2.33 bits per heavy atom. The highest BCUT2D eigenvalue weighted by Crippen LogP contribution is 2.38. The van der Waals surface area contributed by atoms with Crippen LogP contribution < -0.4 is 4.90 Å². The molecule has 0 amide bonds. The van der Waals surface area contributed by atoms with E-state index >= 15 is 0 Å². The van der Waals surface area contributed by atoms with E-state index in [-0.39, 0.29) is 0 Å². The highest BCUT2D eigenvalue weighted by molar-refractivity contribution is 9.08. The third-order valence-electron chi connectivity index (χ3n) is 3.16. The Morgan fingerprint density at radius 1 is 1.60 bits per heavy atom. The van der Waals surface area contributed by atoms with E-state index in [1.807, 2.05) is 12.3 Å². The Balaban J connectivity index is 2.06. The van der Waals surface area contributed by atoms with Gasteiger partial charge < -0.3 is 4.90 Å². The van der Waals surface area contributed by atoms with Gasteiger partial charge in [-0.05, 0) is 24.3 Å². The van der Waals surface area contributed by atoms with Crippen molar-refractivity contribution in [3.8, 4) is 0 Å². The predicted molar refractivity (Wildman–Crippen MR) is 67.4 cm³/mol. The van der Waals surface area contributed by atoms with Crippen LogP contribution >= 0.6 is 15.9 Å². The molecular weight excluding hydrogens is 252 g/mol. The molecule has 2 unspecified atom stereocenters. The maximum absolute atomic E-state index is 4.45. The van der Waals surface area contributed by atoms with Crippen LogP contribution in [0.2, 0.25) is 0 Å². The van der Waals surface area contributed by atoms with Crippen molar-refractivity contribution < 1.29 is 0 Å². The SMILES string of the molecule is CC1CC1CN(C)c1ncccc1CBr. The Morgan fingerprint density at radius 3 is 2.93 bits per heavy atom. The van der Waals surface area contributed by atoms with Crippen molar-refractivity contribution >= 4 is 21.7 Å². The summed E-state index contributed by atoms with van der Waals surface area (Å²) < 4.78 is 0. The van der Waals surface area contributed by atoms with Gasteiger partial charge in [0.15, 0.2) is 0 Å². The lowest BCUT2D eigenvalue weighted by Crippen LogP contribution is -2.22. The van der Waals surface area contributed by atoms with Gasteiger partial charge in [0.05, 0.1) is 0 Å². The molecule has 0 aromatic carbocycles. The first-order valence-electron chi connectivity index (χ1n) is 5.43. The van der Waals surface area contributed by atoms with Crippen molar-refractivity contribution in [1.29, 1.82) is 0 Å². The molecule has 0 N–H and O–H groups in total. The van der Waals surface area contributed by atoms with Crippen LogP contribution in [0, 0.1) is 11.8 Å². The zero-order valence-electron chi connectivity index (χ0n) is 9.28. The summed E-state index contributed by atoms with van der Waals surface area (Å²) in [5.74, 6) is 2.90. The zero-order chi connectivity index (χ0) is 10.8. The van der Waals surface area contributed by atoms with Crippen LogP contribution in [0.25, 0.3) is 0 Å². The molecule has 1 heterocycles. The molecule has 15 heavy (non-hydrogen) atoms. The molecule has 0 spiro atoms. The molecule has 1 fully saturated rings. The van der Waals surface area contributed by atoms with Crippen molar-refractivity contribution in [1.82, 2.24) is 4.98 Å². The molecule has 2 atom stereocenters. The van der Waals surface area contributed by atoms with E-state index < -0.39 is 0 Å². The summed E-state index contributed by atoms with van der Waals surface area (Å²) in [6.45, 7) is 3.46. The highest BCUT2D eigenvalue weighted by Gasteiger charge is 2.33. The maximum atomic E-state index is 4.45. The number of alkyl halides is 1. The molecule has 1 aliphatic carbocycles. The minimum Gasteiger partial charge on any atom is -0.359 e. The smallest absolute Gasteiger partial charge is 0.132 e. The minimum absolute atomic E-state index is 0.875. The molecule has 2 nitrogen and oxygen atoms in total. The van der Waals surface area contributed by atoms with E-state index in [1.165, 1.54) is 12.0 Å². The van der Waals surface area contributed by atoms with Crippen molar-refractivity contribution in [3.05, 3.63) is 23.9 Å². The number of halogens is 1. The lowest BCUT2D eigenvalue weighted by atomic mass is 10.2. The average Bonchev–Trinajstić information content (AvgIpc) is 2.94. The van der Waals surface area contributed by atoms with Gasteiger partial charge in [-0.1, -0.05) is 28.9 Å². The fraction of sp³-hybridized carbons (Fsp3) is 0.583. The summed E-state index contributed by atoms with van der Waals surface area (Å²) in [4.78, 5) is 6.73. The van der Waals surface area contributed by atoms with E-state index in [4.69, 9.17) is 0 Å². The van der Waals surface area contributed by atoms with Gasteiger partial charge in [-0.3, -0.25) is 0 Å². The second-order valence-electron chi connectivity index (χ2n) is 4.47. The molecule has 1 aromatic heterocycles. The van der Waals surface area contributed by atoms with Gasteiger partial charge in [0, 0.05) is 30.7 Å². The van der Waals surface area contributed by atoms with Crippen LogP contribution in [-0.4, -0.2) is 18.6 Å². The number of anilines is 1. The van der Waals surface area contributed by atoms with Crippen molar-refractivity contribution in [2.45, 2.75) is 18.7 Å². The summed E-state index contributed by atoms with van der Waals surface area (Å²) in [6.07, 6.45) is 3.25. The molecule has 82 valence electrons. The quantitative estimate of drug-likeness (QED) is 0.781. The lowest BCUT2D eigenvalue weighted by Gasteiger charge is -2.20. The molecule has 3 heteroatoms. The zero-order valence-corrected chi connectivity index (χ0v) is 10.9. The number of rotatable bonds is 4. The third kappa shape index (κ3) is 2.51. The number of hydrogen-bond acceptors (Lipinski definition) is 2. The Labute approximate surface area is 99.8 Å². The first-order valence-corrected chi connectivity index (χ1v) is 6.55. The third-order valence-corrected chi connectivity index (χ3v) is 3.76. The number of nitrogens with zero attached hydrogens (tertiary/aromatic N) is 2. The molecule has 1 aromatic rings. The highest BCUT2D eigenvalue weighted by atomic mass is 79.9. The Bertz CT molecular complexity index is 340. The topological polar surface area (TPSA) is 16.1 Å². The van der Waals surface area contributed by atoms with Gasteiger partial charge in [0.2, 0.25) is 0 Å². The summed E-state index contributed by atoms with van der Waals surface area (Å²) in [5.41, 5.74) is 1.27. The van der Waals surface area contributed by atoms with Crippen LogP contribution in [0.15, 0.2) is 18.3 Å². The van der Waals surface area contributed by atoms with Gasteiger partial charge >= 0.3 is 0 Å². The molecule has 0 aliphatic heterocycles. The van der Waals surface area contributed by atoms with E-state index in [2.05, 4.69) is 45.9 Å². The van der Waals surface area contributed by atoms with Crippen LogP contribution in [0.4, 0.5) is 5.82 Å². The molecule has 0 bridgehead atoms. The Hall–Kier alpha value is -0.570. The van der Waals surface area contributed by atoms with E-state index in [0.29, 0.717) is 0 Å². The van der Waals surface area contributed by atoms with Crippen LogP contribution in [0.5, 0.6) is 0 Å². The number of hydrogen-bond donors (Lipinski definition) is 0. The first kappa shape index (κ1) is 10.9. The monoisotopic (exact) mass is 268 g/mol. The van der Waals surface area contributed by atoms with Gasteiger partial charge in [0.1, 0.15) is 5.82 Å². The summed E-state index contributed by atoms with van der Waals surface area (Å²) in [7, 11) is 2.14. The van der Waals surface area contributed by atoms with Crippen LogP contribution in [-0.2, 0) is 5.33 Å². The lowest BCUT2D eigenvalue weighted by molar-refractivity contribution is 0.718. The Kier molecular flexibility index (Phi) is 3.29. The van der Waals surface area contributed by atoms with Gasteiger partial charge in [0.25, 0.3) is 0 Å². The summed E-state index contributed by atoms with van der Waals surface area (Å²) >= 11 is 3.50. The molecule has 1 saturated carbocycles. The van der Waals surface area contributed by atoms with Crippen LogP contribution in [0.3, 0.4) is 0 Å². The second-order valence-corrected chi connectivity index (χ2v) is 5.03. The van der Waals surface area contributed by atoms with Crippen molar-refractivity contribution in [2.24, 2.45) is 11.8 Å². The van der Waals surface area contributed by atoms with E-state index in [9.17, 15) is 0 Å². The number of aromatic nitrogens is 1. The van der Waals surface area contributed by atoms with Gasteiger partial charge in [-0.25, -0.2) is 4.98 Å². The maximum Gasteiger partial charge on any atom is 0.132 e. The van der Waals surface area contributed by atoms with Crippen molar-refractivity contribution in [2.75, 3.05) is 18.5 Å². The van der Waals surface area contributed by atoms with Crippen molar-refractivity contribution in [3.63, 3.8) is 0 Å². The fourth-order valence-electron chi connectivity index (χ4n) is 1.97. The molecule has 0 saturated heterocycles. The standard InChI is InChI=1S/C12H17BrN2/c1-9-6-11(9)8-15(2)12-10(7-13)4-3-5-14-12/h3-5,9,11H,6-8H2,1-2H3. The molecular formula is C12H17BrN2. The second kappa shape index (κ2) is 4.52. The largest absolute Gasteiger partial charge is 0.359 e. The molecule has 0 radical (unpaired) electrons. The minimum atomic E-state index is 0.875. The normalized spacial score (nSPS) is 23.9.